The highest BCUT2D eigenvalue weighted by atomic mass is 16.5. The van der Waals surface area contributed by atoms with E-state index in [0.29, 0.717) is 17.3 Å². The van der Waals surface area contributed by atoms with Gasteiger partial charge in [-0.05, 0) is 49.6 Å². The number of aryl methyl sites for hydroxylation is 1. The monoisotopic (exact) mass is 379 g/mol. The lowest BCUT2D eigenvalue weighted by Crippen LogP contribution is -2.21. The van der Waals surface area contributed by atoms with Crippen molar-refractivity contribution in [3.8, 4) is 22.8 Å². The Labute approximate surface area is 164 Å². The number of hydrogen-bond acceptors (Lipinski definition) is 4. The molecule has 1 aromatic carbocycles. The van der Waals surface area contributed by atoms with Gasteiger partial charge in [-0.25, -0.2) is 4.98 Å². The smallest absolute Gasteiger partial charge is 0.228 e. The van der Waals surface area contributed by atoms with Gasteiger partial charge in [-0.1, -0.05) is 18.9 Å². The third kappa shape index (κ3) is 3.30. The number of aromatic nitrogens is 2. The average Bonchev–Trinajstić information content (AvgIpc) is 3.36. The van der Waals surface area contributed by atoms with E-state index in [4.69, 9.17) is 14.5 Å². The summed E-state index contributed by atoms with van der Waals surface area (Å²) < 4.78 is 12.7. The molecule has 1 aliphatic rings. The fraction of sp³-hybridized carbons (Fsp3) is 0.364. The molecule has 146 valence electrons. The van der Waals surface area contributed by atoms with Crippen molar-refractivity contribution in [2.45, 2.75) is 32.6 Å². The molecule has 0 saturated heterocycles. The largest absolute Gasteiger partial charge is 0.493 e. The maximum absolute atomic E-state index is 12.9. The second-order valence-corrected chi connectivity index (χ2v) is 7.28. The highest BCUT2D eigenvalue weighted by molar-refractivity contribution is 5.96. The van der Waals surface area contributed by atoms with Gasteiger partial charge in [0, 0.05) is 17.7 Å². The minimum atomic E-state index is 0.0718. The van der Waals surface area contributed by atoms with Crippen LogP contribution in [0.4, 0.5) is 5.82 Å². The van der Waals surface area contributed by atoms with Crippen LogP contribution < -0.4 is 14.8 Å². The van der Waals surface area contributed by atoms with Crippen molar-refractivity contribution in [3.63, 3.8) is 0 Å². The molecule has 1 N–H and O–H groups in total. The zero-order valence-electron chi connectivity index (χ0n) is 16.5. The number of carbonyl (C=O) groups is 1. The van der Waals surface area contributed by atoms with Crippen LogP contribution in [0.3, 0.4) is 0 Å². The summed E-state index contributed by atoms with van der Waals surface area (Å²) in [5.74, 6) is 2.13. The van der Waals surface area contributed by atoms with Crippen LogP contribution in [-0.2, 0) is 4.79 Å². The average molecular weight is 379 g/mol. The van der Waals surface area contributed by atoms with Crippen LogP contribution in [0.5, 0.6) is 11.5 Å². The van der Waals surface area contributed by atoms with Crippen molar-refractivity contribution in [2.24, 2.45) is 5.92 Å². The molecule has 2 aromatic heterocycles. The molecular formula is C22H25N3O3. The number of pyridine rings is 1. The van der Waals surface area contributed by atoms with Crippen molar-refractivity contribution in [3.05, 3.63) is 42.1 Å². The summed E-state index contributed by atoms with van der Waals surface area (Å²) in [6.45, 7) is 2.03. The topological polar surface area (TPSA) is 64.9 Å². The zero-order chi connectivity index (χ0) is 19.7. The van der Waals surface area contributed by atoms with E-state index in [1.165, 1.54) is 0 Å². The van der Waals surface area contributed by atoms with Gasteiger partial charge in [0.25, 0.3) is 0 Å². The Balaban J connectivity index is 1.82. The van der Waals surface area contributed by atoms with Crippen molar-refractivity contribution in [2.75, 3.05) is 19.5 Å². The molecule has 28 heavy (non-hydrogen) atoms. The highest BCUT2D eigenvalue weighted by Crippen LogP contribution is 2.36. The third-order valence-electron chi connectivity index (χ3n) is 5.39. The fourth-order valence-corrected chi connectivity index (χ4v) is 3.86. The molecular weight excluding hydrogens is 354 g/mol. The number of ether oxygens (including phenoxy) is 2. The van der Waals surface area contributed by atoms with Crippen LogP contribution in [0.1, 0.15) is 31.2 Å². The number of hydrogen-bond donors (Lipinski definition) is 1. The van der Waals surface area contributed by atoms with Crippen molar-refractivity contribution in [1.29, 1.82) is 0 Å². The lowest BCUT2D eigenvalue weighted by molar-refractivity contribution is -0.119. The lowest BCUT2D eigenvalue weighted by atomic mass is 10.1. The Morgan fingerprint density at radius 2 is 1.86 bits per heavy atom. The third-order valence-corrected chi connectivity index (χ3v) is 5.39. The van der Waals surface area contributed by atoms with Crippen LogP contribution in [0.25, 0.3) is 16.9 Å². The normalized spacial score (nSPS) is 14.4. The number of carbonyl (C=O) groups excluding carboxylic acids is 1. The predicted molar refractivity (Wildman–Crippen MR) is 109 cm³/mol. The van der Waals surface area contributed by atoms with Crippen LogP contribution in [0, 0.1) is 12.8 Å². The Kier molecular flexibility index (Phi) is 4.94. The summed E-state index contributed by atoms with van der Waals surface area (Å²) in [7, 11) is 3.22. The van der Waals surface area contributed by atoms with Crippen LogP contribution >= 0.6 is 0 Å². The fourth-order valence-electron chi connectivity index (χ4n) is 3.86. The number of fused-ring (bicyclic) bond motifs is 1. The summed E-state index contributed by atoms with van der Waals surface area (Å²) in [4.78, 5) is 17.6. The van der Waals surface area contributed by atoms with E-state index in [1.807, 2.05) is 47.9 Å². The first kappa shape index (κ1) is 18.3. The first-order valence-corrected chi connectivity index (χ1v) is 9.62. The molecule has 4 rings (SSSR count). The number of nitrogens with zero attached hydrogens (tertiary/aromatic N) is 2. The number of nitrogens with one attached hydrogen (secondary N) is 1. The summed E-state index contributed by atoms with van der Waals surface area (Å²) in [6, 6.07) is 9.65. The Morgan fingerprint density at radius 3 is 2.57 bits per heavy atom. The van der Waals surface area contributed by atoms with E-state index in [9.17, 15) is 4.79 Å². The van der Waals surface area contributed by atoms with E-state index in [0.717, 1.165) is 48.2 Å². The minimum absolute atomic E-state index is 0.0718. The standard InChI is InChI=1S/C22H25N3O3/c1-14-8-11-19-23-20(16-9-10-17(27-2)18(12-16)28-3)21(25(19)13-14)24-22(26)15-6-4-5-7-15/h8-13,15H,4-7H2,1-3H3,(H,24,26). The molecule has 0 radical (unpaired) electrons. The number of anilines is 1. The number of rotatable bonds is 5. The molecule has 0 atom stereocenters. The molecule has 0 unspecified atom stereocenters. The first-order valence-electron chi connectivity index (χ1n) is 9.62. The second kappa shape index (κ2) is 7.54. The van der Waals surface area contributed by atoms with Gasteiger partial charge in [-0.3, -0.25) is 9.20 Å². The molecule has 0 spiro atoms. The Hall–Kier alpha value is -3.02. The van der Waals surface area contributed by atoms with E-state index in [2.05, 4.69) is 5.32 Å². The molecule has 1 aliphatic carbocycles. The number of amides is 1. The number of methoxy groups -OCH3 is 2. The maximum atomic E-state index is 12.9. The van der Waals surface area contributed by atoms with Crippen LogP contribution in [0.2, 0.25) is 0 Å². The molecule has 2 heterocycles. The summed E-state index contributed by atoms with van der Waals surface area (Å²) in [6.07, 6.45) is 6.14. The molecule has 1 fully saturated rings. The molecule has 6 nitrogen and oxygen atoms in total. The summed E-state index contributed by atoms with van der Waals surface area (Å²) in [5.41, 5.74) is 3.47. The molecule has 0 aliphatic heterocycles. The predicted octanol–water partition coefficient (Wildman–Crippen LogP) is 4.46. The quantitative estimate of drug-likeness (QED) is 0.711. The van der Waals surface area contributed by atoms with Crippen molar-refractivity contribution in [1.82, 2.24) is 9.38 Å². The molecule has 0 bridgehead atoms. The van der Waals surface area contributed by atoms with Gasteiger partial charge in [0.05, 0.1) is 14.2 Å². The van der Waals surface area contributed by atoms with Crippen molar-refractivity contribution >= 4 is 17.4 Å². The van der Waals surface area contributed by atoms with Gasteiger partial charge in [-0.2, -0.15) is 0 Å². The van der Waals surface area contributed by atoms with Gasteiger partial charge < -0.3 is 14.8 Å². The Morgan fingerprint density at radius 1 is 1.11 bits per heavy atom. The second-order valence-electron chi connectivity index (χ2n) is 7.28. The zero-order valence-corrected chi connectivity index (χ0v) is 16.5. The highest BCUT2D eigenvalue weighted by Gasteiger charge is 2.25. The van der Waals surface area contributed by atoms with E-state index < -0.39 is 0 Å². The van der Waals surface area contributed by atoms with Crippen molar-refractivity contribution < 1.29 is 14.3 Å². The Bertz CT molecular complexity index is 1020. The number of imidazole rings is 1. The lowest BCUT2D eigenvalue weighted by Gasteiger charge is -2.13. The molecule has 1 amide bonds. The van der Waals surface area contributed by atoms with E-state index >= 15 is 0 Å². The van der Waals surface area contributed by atoms with E-state index in [-0.39, 0.29) is 11.8 Å². The first-order chi connectivity index (χ1) is 13.6. The van der Waals surface area contributed by atoms with Gasteiger partial charge in [0.15, 0.2) is 11.5 Å². The van der Waals surface area contributed by atoms with Crippen LogP contribution in [0.15, 0.2) is 36.5 Å². The molecule has 6 heteroatoms. The molecule has 1 saturated carbocycles. The van der Waals surface area contributed by atoms with E-state index in [1.54, 1.807) is 14.2 Å². The maximum Gasteiger partial charge on any atom is 0.228 e. The summed E-state index contributed by atoms with van der Waals surface area (Å²) in [5, 5.41) is 3.16. The van der Waals surface area contributed by atoms with Gasteiger partial charge >= 0.3 is 0 Å². The molecule has 3 aromatic rings. The van der Waals surface area contributed by atoms with Gasteiger partial charge in [-0.15, -0.1) is 0 Å². The van der Waals surface area contributed by atoms with Gasteiger partial charge in [0.2, 0.25) is 5.91 Å². The van der Waals surface area contributed by atoms with Gasteiger partial charge in [0.1, 0.15) is 17.2 Å². The minimum Gasteiger partial charge on any atom is -0.493 e. The summed E-state index contributed by atoms with van der Waals surface area (Å²) >= 11 is 0. The number of benzene rings is 1. The van der Waals surface area contributed by atoms with Crippen LogP contribution in [-0.4, -0.2) is 29.5 Å². The SMILES string of the molecule is COc1ccc(-c2nc3ccc(C)cn3c2NC(=O)C2CCCC2)cc1OC.